The van der Waals surface area contributed by atoms with Gasteiger partial charge in [0, 0.05) is 9.50 Å². The first-order chi connectivity index (χ1) is 7.58. The first-order valence-electron chi connectivity index (χ1n) is 4.48. The van der Waals surface area contributed by atoms with E-state index in [0.29, 0.717) is 22.4 Å². The minimum atomic E-state index is 0.452. The van der Waals surface area contributed by atoms with E-state index in [1.807, 2.05) is 18.2 Å². The molecule has 0 amide bonds. The third-order valence-electron chi connectivity index (χ3n) is 2.16. The van der Waals surface area contributed by atoms with Gasteiger partial charge in [-0.25, -0.2) is 4.68 Å². The highest BCUT2D eigenvalue weighted by molar-refractivity contribution is 9.10. The molecule has 2 rings (SSSR count). The Balaban J connectivity index is 2.33. The van der Waals surface area contributed by atoms with Crippen molar-refractivity contribution in [3.05, 3.63) is 44.5 Å². The number of anilines is 1. The average Bonchev–Trinajstić information content (AvgIpc) is 2.55. The molecule has 0 spiro atoms. The Morgan fingerprint density at radius 3 is 2.75 bits per heavy atom. The van der Waals surface area contributed by atoms with Crippen LogP contribution in [0.25, 0.3) is 0 Å². The molecule has 0 saturated heterocycles. The van der Waals surface area contributed by atoms with Crippen LogP contribution in [-0.4, -0.2) is 9.78 Å². The van der Waals surface area contributed by atoms with Gasteiger partial charge in [0.2, 0.25) is 0 Å². The molecule has 0 bridgehead atoms. The van der Waals surface area contributed by atoms with Crippen LogP contribution in [0.4, 0.5) is 5.82 Å². The van der Waals surface area contributed by atoms with Crippen LogP contribution in [0.2, 0.25) is 10.0 Å². The molecule has 2 aromatic rings. The molecule has 0 radical (unpaired) electrons. The molecule has 0 atom stereocenters. The van der Waals surface area contributed by atoms with Crippen LogP contribution in [0.15, 0.2) is 28.9 Å². The van der Waals surface area contributed by atoms with Crippen molar-refractivity contribution in [3.8, 4) is 0 Å². The fourth-order valence-corrected chi connectivity index (χ4v) is 2.03. The minimum absolute atomic E-state index is 0.452. The van der Waals surface area contributed by atoms with Gasteiger partial charge in [0.25, 0.3) is 0 Å². The molecule has 84 valence electrons. The van der Waals surface area contributed by atoms with Gasteiger partial charge in [-0.05, 0) is 23.8 Å². The van der Waals surface area contributed by atoms with Crippen molar-refractivity contribution in [1.82, 2.24) is 9.78 Å². The Kier molecular flexibility index (Phi) is 3.42. The SMILES string of the molecule is Nc1c(Cl)cnn1Cc1cc(Cl)ccc1Br. The lowest BCUT2D eigenvalue weighted by atomic mass is 10.2. The maximum absolute atomic E-state index is 5.92. The highest BCUT2D eigenvalue weighted by Crippen LogP contribution is 2.24. The van der Waals surface area contributed by atoms with Crippen LogP contribution in [0, 0.1) is 0 Å². The van der Waals surface area contributed by atoms with Crippen LogP contribution in [0.5, 0.6) is 0 Å². The molecule has 6 heteroatoms. The largest absolute Gasteiger partial charge is 0.383 e. The number of nitrogens with zero attached hydrogens (tertiary/aromatic N) is 2. The normalized spacial score (nSPS) is 10.7. The summed E-state index contributed by atoms with van der Waals surface area (Å²) in [6.07, 6.45) is 1.52. The first kappa shape index (κ1) is 11.8. The zero-order chi connectivity index (χ0) is 11.7. The molecular weight excluding hydrogens is 313 g/mol. The molecular formula is C10H8BrCl2N3. The highest BCUT2D eigenvalue weighted by Gasteiger charge is 2.07. The van der Waals surface area contributed by atoms with Crippen molar-refractivity contribution in [3.63, 3.8) is 0 Å². The maximum Gasteiger partial charge on any atom is 0.140 e. The van der Waals surface area contributed by atoms with Crippen molar-refractivity contribution in [2.45, 2.75) is 6.54 Å². The number of rotatable bonds is 2. The molecule has 0 unspecified atom stereocenters. The van der Waals surface area contributed by atoms with Gasteiger partial charge in [0.1, 0.15) is 10.8 Å². The van der Waals surface area contributed by atoms with E-state index in [0.717, 1.165) is 10.0 Å². The van der Waals surface area contributed by atoms with Crippen LogP contribution in [0.3, 0.4) is 0 Å². The fraction of sp³-hybridized carbons (Fsp3) is 0.100. The molecule has 2 N–H and O–H groups in total. The lowest BCUT2D eigenvalue weighted by Gasteiger charge is -2.07. The number of hydrogen-bond donors (Lipinski definition) is 1. The van der Waals surface area contributed by atoms with Crippen LogP contribution in [0.1, 0.15) is 5.56 Å². The molecule has 1 aromatic carbocycles. The van der Waals surface area contributed by atoms with Gasteiger partial charge in [-0.2, -0.15) is 5.10 Å². The van der Waals surface area contributed by atoms with Gasteiger partial charge < -0.3 is 5.73 Å². The Hall–Kier alpha value is -0.710. The van der Waals surface area contributed by atoms with Crippen molar-refractivity contribution >= 4 is 44.9 Å². The molecule has 0 aliphatic carbocycles. The molecule has 0 fully saturated rings. The fourth-order valence-electron chi connectivity index (χ4n) is 1.32. The summed E-state index contributed by atoms with van der Waals surface area (Å²) in [5, 5.41) is 5.21. The second-order valence-corrected chi connectivity index (χ2v) is 4.97. The van der Waals surface area contributed by atoms with Crippen molar-refractivity contribution in [1.29, 1.82) is 0 Å². The summed E-state index contributed by atoms with van der Waals surface area (Å²) in [6, 6.07) is 5.56. The summed E-state index contributed by atoms with van der Waals surface area (Å²) in [4.78, 5) is 0. The lowest BCUT2D eigenvalue weighted by molar-refractivity contribution is 0.695. The van der Waals surface area contributed by atoms with Gasteiger partial charge in [-0.15, -0.1) is 0 Å². The molecule has 0 aliphatic heterocycles. The summed E-state index contributed by atoms with van der Waals surface area (Å²) < 4.78 is 2.58. The van der Waals surface area contributed by atoms with E-state index in [4.69, 9.17) is 28.9 Å². The van der Waals surface area contributed by atoms with E-state index in [2.05, 4.69) is 21.0 Å². The van der Waals surface area contributed by atoms with E-state index >= 15 is 0 Å². The third-order valence-corrected chi connectivity index (χ3v) is 3.46. The lowest BCUT2D eigenvalue weighted by Crippen LogP contribution is -2.06. The highest BCUT2D eigenvalue weighted by atomic mass is 79.9. The summed E-state index contributed by atoms with van der Waals surface area (Å²) in [6.45, 7) is 0.527. The third kappa shape index (κ3) is 2.34. The molecule has 0 saturated carbocycles. The maximum atomic E-state index is 5.92. The quantitative estimate of drug-likeness (QED) is 0.919. The van der Waals surface area contributed by atoms with Gasteiger partial charge in [-0.1, -0.05) is 39.1 Å². The molecule has 0 aliphatic rings. The number of benzene rings is 1. The topological polar surface area (TPSA) is 43.8 Å². The Bertz CT molecular complexity index is 525. The second kappa shape index (κ2) is 4.65. The summed E-state index contributed by atoms with van der Waals surface area (Å²) in [7, 11) is 0. The molecule has 16 heavy (non-hydrogen) atoms. The summed E-state index contributed by atoms with van der Waals surface area (Å²) in [5.74, 6) is 0.452. The van der Waals surface area contributed by atoms with Crippen molar-refractivity contribution in [2.75, 3.05) is 5.73 Å². The second-order valence-electron chi connectivity index (χ2n) is 3.27. The van der Waals surface area contributed by atoms with Crippen molar-refractivity contribution in [2.24, 2.45) is 0 Å². The number of nitrogens with two attached hydrogens (primary N) is 1. The smallest absolute Gasteiger partial charge is 0.140 e. The standard InChI is InChI=1S/C10H8BrCl2N3/c11-8-2-1-7(12)3-6(8)5-16-10(14)9(13)4-15-16/h1-4H,5,14H2. The van der Waals surface area contributed by atoms with Gasteiger partial charge >= 0.3 is 0 Å². The number of halogens is 3. The monoisotopic (exact) mass is 319 g/mol. The number of aromatic nitrogens is 2. The van der Waals surface area contributed by atoms with E-state index in [1.54, 1.807) is 4.68 Å². The zero-order valence-corrected chi connectivity index (χ0v) is 11.2. The molecule has 1 heterocycles. The number of hydrogen-bond acceptors (Lipinski definition) is 2. The van der Waals surface area contributed by atoms with E-state index in [9.17, 15) is 0 Å². The van der Waals surface area contributed by atoms with E-state index < -0.39 is 0 Å². The van der Waals surface area contributed by atoms with E-state index in [-0.39, 0.29) is 0 Å². The predicted octanol–water partition coefficient (Wildman–Crippen LogP) is 3.58. The predicted molar refractivity (Wildman–Crippen MR) is 69.9 cm³/mol. The summed E-state index contributed by atoms with van der Waals surface area (Å²) >= 11 is 15.2. The molecule has 1 aromatic heterocycles. The van der Waals surface area contributed by atoms with E-state index in [1.165, 1.54) is 6.20 Å². The first-order valence-corrected chi connectivity index (χ1v) is 6.03. The molecule has 3 nitrogen and oxygen atoms in total. The minimum Gasteiger partial charge on any atom is -0.383 e. The summed E-state index contributed by atoms with van der Waals surface area (Å²) in [5.41, 5.74) is 6.76. The Labute approximate surface area is 111 Å². The number of nitrogen functional groups attached to an aromatic ring is 1. The Morgan fingerprint density at radius 1 is 1.38 bits per heavy atom. The van der Waals surface area contributed by atoms with Crippen molar-refractivity contribution < 1.29 is 0 Å². The van der Waals surface area contributed by atoms with Gasteiger partial charge in [0.05, 0.1) is 12.7 Å². The van der Waals surface area contributed by atoms with Gasteiger partial charge in [0.15, 0.2) is 0 Å². The van der Waals surface area contributed by atoms with Crippen LogP contribution >= 0.6 is 39.1 Å². The Morgan fingerprint density at radius 2 is 2.12 bits per heavy atom. The van der Waals surface area contributed by atoms with Crippen LogP contribution in [-0.2, 0) is 6.54 Å². The van der Waals surface area contributed by atoms with Crippen LogP contribution < -0.4 is 5.73 Å². The zero-order valence-electron chi connectivity index (χ0n) is 8.12. The van der Waals surface area contributed by atoms with Gasteiger partial charge in [-0.3, -0.25) is 0 Å². The average molecular weight is 321 g/mol.